The number of ether oxygens (including phenoxy) is 2. The molecule has 0 amide bonds. The van der Waals surface area contributed by atoms with E-state index in [-0.39, 0.29) is 24.5 Å². The van der Waals surface area contributed by atoms with Crippen LogP contribution in [-0.4, -0.2) is 22.7 Å². The number of benzene rings is 1. The van der Waals surface area contributed by atoms with E-state index in [1.807, 2.05) is 30.3 Å². The van der Waals surface area contributed by atoms with Gasteiger partial charge in [-0.15, -0.1) is 0 Å². The maximum absolute atomic E-state index is 11.9. The van der Waals surface area contributed by atoms with Crippen molar-refractivity contribution in [2.45, 2.75) is 20.1 Å². The lowest BCUT2D eigenvalue weighted by molar-refractivity contribution is -0.136. The van der Waals surface area contributed by atoms with Crippen molar-refractivity contribution in [3.8, 4) is 5.75 Å². The van der Waals surface area contributed by atoms with Gasteiger partial charge in [-0.25, -0.2) is 9.78 Å². The third kappa shape index (κ3) is 4.40. The highest BCUT2D eigenvalue weighted by atomic mass is 16.5. The molecular weight excluding hydrogens is 294 g/mol. The van der Waals surface area contributed by atoms with Crippen LogP contribution in [0.15, 0.2) is 49.0 Å². The molecule has 0 aliphatic carbocycles. The molecule has 1 N–H and O–H groups in total. The molecule has 0 bridgehead atoms. The molecular formula is C18H19NO4. The molecule has 0 aliphatic heterocycles. The highest BCUT2D eigenvalue weighted by molar-refractivity contribution is 6.15. The average Bonchev–Trinajstić information content (AvgIpc) is 2.60. The van der Waals surface area contributed by atoms with Crippen LogP contribution in [-0.2, 0) is 22.7 Å². The van der Waals surface area contributed by atoms with Crippen molar-refractivity contribution in [1.82, 2.24) is 4.98 Å². The molecule has 0 saturated carbocycles. The molecule has 5 nitrogen and oxygen atoms in total. The van der Waals surface area contributed by atoms with E-state index in [0.29, 0.717) is 18.1 Å². The number of aromatic nitrogens is 1. The number of esters is 1. The van der Waals surface area contributed by atoms with Gasteiger partial charge in [0.1, 0.15) is 18.1 Å². The van der Waals surface area contributed by atoms with Crippen molar-refractivity contribution in [3.05, 3.63) is 66.0 Å². The molecule has 0 unspecified atom stereocenters. The van der Waals surface area contributed by atoms with Crippen molar-refractivity contribution >= 4 is 11.5 Å². The lowest BCUT2D eigenvalue weighted by atomic mass is 10.1. The molecule has 0 atom stereocenters. The van der Waals surface area contributed by atoms with Gasteiger partial charge >= 0.3 is 5.97 Å². The smallest absolute Gasteiger partial charge is 0.339 e. The van der Waals surface area contributed by atoms with Crippen molar-refractivity contribution in [2.75, 3.05) is 6.61 Å². The van der Waals surface area contributed by atoms with E-state index in [1.54, 1.807) is 19.1 Å². The molecule has 120 valence electrons. The fourth-order valence-corrected chi connectivity index (χ4v) is 1.96. The SMILES string of the molecule is C=C(C(=O)OCC)c1nc(CO)ccc1OCc1ccccc1. The summed E-state index contributed by atoms with van der Waals surface area (Å²) in [7, 11) is 0. The predicted molar refractivity (Wildman–Crippen MR) is 86.6 cm³/mol. The number of rotatable bonds is 7. The molecule has 0 radical (unpaired) electrons. The fraction of sp³-hybridized carbons (Fsp3) is 0.222. The van der Waals surface area contributed by atoms with Gasteiger partial charge in [0, 0.05) is 0 Å². The summed E-state index contributed by atoms with van der Waals surface area (Å²) in [5, 5.41) is 9.24. The first-order valence-corrected chi connectivity index (χ1v) is 7.29. The van der Waals surface area contributed by atoms with Crippen molar-refractivity contribution < 1.29 is 19.4 Å². The van der Waals surface area contributed by atoms with Gasteiger partial charge in [-0.3, -0.25) is 0 Å². The van der Waals surface area contributed by atoms with Crippen LogP contribution in [0.3, 0.4) is 0 Å². The summed E-state index contributed by atoms with van der Waals surface area (Å²) in [6.45, 7) is 5.80. The van der Waals surface area contributed by atoms with Crippen LogP contribution in [0.1, 0.15) is 23.9 Å². The Morgan fingerprint density at radius 1 is 1.22 bits per heavy atom. The second kappa shape index (κ2) is 8.10. The Labute approximate surface area is 135 Å². The second-order valence-corrected chi connectivity index (χ2v) is 4.78. The molecule has 0 aliphatic rings. The van der Waals surface area contributed by atoms with Crippen LogP contribution in [0.5, 0.6) is 5.75 Å². The number of hydrogen-bond donors (Lipinski definition) is 1. The van der Waals surface area contributed by atoms with Gasteiger partial charge in [0.2, 0.25) is 0 Å². The average molecular weight is 313 g/mol. The summed E-state index contributed by atoms with van der Waals surface area (Å²) < 4.78 is 10.7. The Kier molecular flexibility index (Phi) is 5.88. The number of carbonyl (C=O) groups excluding carboxylic acids is 1. The second-order valence-electron chi connectivity index (χ2n) is 4.78. The van der Waals surface area contributed by atoms with Crippen molar-refractivity contribution in [3.63, 3.8) is 0 Å². The Morgan fingerprint density at radius 2 is 1.96 bits per heavy atom. The molecule has 1 aromatic carbocycles. The Hall–Kier alpha value is -2.66. The first-order chi connectivity index (χ1) is 11.2. The monoisotopic (exact) mass is 313 g/mol. The predicted octanol–water partition coefficient (Wildman–Crippen LogP) is 2.73. The highest BCUT2D eigenvalue weighted by Gasteiger charge is 2.18. The minimum Gasteiger partial charge on any atom is -0.487 e. The van der Waals surface area contributed by atoms with Crippen LogP contribution >= 0.6 is 0 Å². The highest BCUT2D eigenvalue weighted by Crippen LogP contribution is 2.25. The van der Waals surface area contributed by atoms with Gasteiger partial charge in [-0.05, 0) is 24.6 Å². The Balaban J connectivity index is 2.24. The third-order valence-corrected chi connectivity index (χ3v) is 3.12. The molecule has 0 saturated heterocycles. The Bertz CT molecular complexity index is 683. The summed E-state index contributed by atoms with van der Waals surface area (Å²) in [5.74, 6) is -0.135. The van der Waals surface area contributed by atoms with Crippen LogP contribution < -0.4 is 4.74 Å². The summed E-state index contributed by atoms with van der Waals surface area (Å²) in [5.41, 5.74) is 1.81. The number of nitrogens with zero attached hydrogens (tertiary/aromatic N) is 1. The van der Waals surface area contributed by atoms with E-state index in [0.717, 1.165) is 5.56 Å². The van der Waals surface area contributed by atoms with Gasteiger partial charge in [-0.2, -0.15) is 0 Å². The van der Waals surface area contributed by atoms with Crippen LogP contribution in [0, 0.1) is 0 Å². The molecule has 2 aromatic rings. The summed E-state index contributed by atoms with van der Waals surface area (Å²) in [4.78, 5) is 16.1. The zero-order chi connectivity index (χ0) is 16.7. The van der Waals surface area contributed by atoms with Crippen LogP contribution in [0.4, 0.5) is 0 Å². The lowest BCUT2D eigenvalue weighted by Crippen LogP contribution is -2.10. The Morgan fingerprint density at radius 3 is 2.61 bits per heavy atom. The standard InChI is InChI=1S/C18H19NO4/c1-3-22-18(21)13(2)17-16(10-9-15(11-20)19-17)23-12-14-7-5-4-6-8-14/h4-10,20H,2-3,11-12H2,1H3. The molecule has 1 aromatic heterocycles. The third-order valence-electron chi connectivity index (χ3n) is 3.12. The lowest BCUT2D eigenvalue weighted by Gasteiger charge is -2.13. The topological polar surface area (TPSA) is 68.7 Å². The molecule has 5 heteroatoms. The normalized spacial score (nSPS) is 10.2. The number of carbonyl (C=O) groups is 1. The minimum atomic E-state index is -0.556. The zero-order valence-electron chi connectivity index (χ0n) is 13.0. The molecule has 0 spiro atoms. The van der Waals surface area contributed by atoms with E-state index in [4.69, 9.17) is 9.47 Å². The van der Waals surface area contributed by atoms with Gasteiger partial charge < -0.3 is 14.6 Å². The molecule has 0 fully saturated rings. The summed E-state index contributed by atoms with van der Waals surface area (Å²) >= 11 is 0. The molecule has 23 heavy (non-hydrogen) atoms. The maximum atomic E-state index is 11.9. The van der Waals surface area contributed by atoms with E-state index < -0.39 is 5.97 Å². The van der Waals surface area contributed by atoms with E-state index >= 15 is 0 Å². The van der Waals surface area contributed by atoms with E-state index in [2.05, 4.69) is 11.6 Å². The van der Waals surface area contributed by atoms with Crippen molar-refractivity contribution in [1.29, 1.82) is 0 Å². The number of pyridine rings is 1. The zero-order valence-corrected chi connectivity index (χ0v) is 13.0. The van der Waals surface area contributed by atoms with Crippen molar-refractivity contribution in [2.24, 2.45) is 0 Å². The first kappa shape index (κ1) is 16.7. The van der Waals surface area contributed by atoms with E-state index in [9.17, 15) is 9.90 Å². The minimum absolute atomic E-state index is 0.102. The number of aliphatic hydroxyl groups excluding tert-OH is 1. The molecule has 2 rings (SSSR count). The van der Waals surface area contributed by atoms with Gasteiger partial charge in [0.15, 0.2) is 0 Å². The van der Waals surface area contributed by atoms with Crippen LogP contribution in [0.2, 0.25) is 0 Å². The van der Waals surface area contributed by atoms with E-state index in [1.165, 1.54) is 0 Å². The van der Waals surface area contributed by atoms with Gasteiger partial charge in [-0.1, -0.05) is 36.9 Å². The quantitative estimate of drug-likeness (QED) is 0.629. The largest absolute Gasteiger partial charge is 0.487 e. The van der Waals surface area contributed by atoms with Gasteiger partial charge in [0.25, 0.3) is 0 Å². The maximum Gasteiger partial charge on any atom is 0.339 e. The van der Waals surface area contributed by atoms with Gasteiger partial charge in [0.05, 0.1) is 24.5 Å². The summed E-state index contributed by atoms with van der Waals surface area (Å²) in [6.07, 6.45) is 0. The summed E-state index contributed by atoms with van der Waals surface area (Å²) in [6, 6.07) is 13.0. The first-order valence-electron chi connectivity index (χ1n) is 7.29. The fourth-order valence-electron chi connectivity index (χ4n) is 1.96. The number of aliphatic hydroxyl groups is 1. The van der Waals surface area contributed by atoms with Crippen LogP contribution in [0.25, 0.3) is 5.57 Å². The molecule has 1 heterocycles. The number of hydrogen-bond acceptors (Lipinski definition) is 5.